The number of benzene rings is 4. The fourth-order valence-corrected chi connectivity index (χ4v) is 7.87. The lowest BCUT2D eigenvalue weighted by Gasteiger charge is -2.36. The second-order valence-electron chi connectivity index (χ2n) is 14.2. The molecule has 1 fully saturated rings. The number of alkyl halides is 1. The van der Waals surface area contributed by atoms with Crippen LogP contribution >= 0.6 is 11.6 Å². The highest BCUT2D eigenvalue weighted by molar-refractivity contribution is 6.21. The van der Waals surface area contributed by atoms with Gasteiger partial charge in [-0.15, -0.1) is 11.6 Å². The van der Waals surface area contributed by atoms with Gasteiger partial charge in [-0.2, -0.15) is 5.10 Å². The number of halogens is 1. The van der Waals surface area contributed by atoms with E-state index in [2.05, 4.69) is 81.5 Å². The van der Waals surface area contributed by atoms with E-state index in [4.69, 9.17) is 31.3 Å². The molecule has 270 valence electrons. The SMILES string of the molecule is COc1ccc(C=NN(C)C(CCC2CCCC(CCC(c3ccc(C)cc3)[NH+](C)N=Cc3ccc(OC)cc3)C2Cl)c2ccc(C)cc2)cc1. The molecule has 6 atom stereocenters. The average molecular weight is 708 g/mol. The van der Waals surface area contributed by atoms with E-state index in [0.29, 0.717) is 11.8 Å². The number of rotatable bonds is 16. The van der Waals surface area contributed by atoms with Crippen molar-refractivity contribution < 1.29 is 14.5 Å². The molecule has 51 heavy (non-hydrogen) atoms. The monoisotopic (exact) mass is 707 g/mol. The fourth-order valence-electron chi connectivity index (χ4n) is 7.36. The van der Waals surface area contributed by atoms with Crippen LogP contribution in [0.4, 0.5) is 0 Å². The van der Waals surface area contributed by atoms with Crippen LogP contribution in [0.15, 0.2) is 107 Å². The van der Waals surface area contributed by atoms with E-state index < -0.39 is 0 Å². The van der Waals surface area contributed by atoms with Crippen molar-refractivity contribution in [1.29, 1.82) is 0 Å². The normalized spacial score (nSPS) is 19.5. The van der Waals surface area contributed by atoms with Crippen LogP contribution in [-0.2, 0) is 0 Å². The van der Waals surface area contributed by atoms with Crippen molar-refractivity contribution in [3.05, 3.63) is 130 Å². The standard InChI is InChI=1S/C44H55ClN4O2/c1-32-10-18-36(19-11-32)42(48(3)46-30-34-14-24-40(50-5)25-15-34)28-22-38-8-7-9-39(44(38)45)23-29-43(37-20-12-33(2)13-21-37)49(4)47-31-35-16-26-41(51-6)27-17-35/h10-21,24-27,30-31,38-39,42-44H,7-9,22-23,28-29H2,1-6H3/p+1. The average Bonchev–Trinajstić information content (AvgIpc) is 3.16. The highest BCUT2D eigenvalue weighted by Gasteiger charge is 2.34. The van der Waals surface area contributed by atoms with Gasteiger partial charge in [0.25, 0.3) is 0 Å². The Hall–Kier alpha value is -4.13. The maximum Gasteiger partial charge on any atom is 0.137 e. The summed E-state index contributed by atoms with van der Waals surface area (Å²) in [6.45, 7) is 4.28. The molecule has 0 aromatic heterocycles. The third-order valence-electron chi connectivity index (χ3n) is 10.6. The summed E-state index contributed by atoms with van der Waals surface area (Å²) in [7, 11) is 7.64. The van der Waals surface area contributed by atoms with Crippen molar-refractivity contribution >= 4 is 24.0 Å². The molecule has 0 heterocycles. The summed E-state index contributed by atoms with van der Waals surface area (Å²) in [5, 5.41) is 13.3. The van der Waals surface area contributed by atoms with Crippen molar-refractivity contribution in [2.75, 3.05) is 28.3 Å². The van der Waals surface area contributed by atoms with Crippen LogP contribution in [0, 0.1) is 25.7 Å². The Labute approximate surface area is 311 Å². The first kappa shape index (κ1) is 38.1. The summed E-state index contributed by atoms with van der Waals surface area (Å²) >= 11 is 7.44. The van der Waals surface area contributed by atoms with Gasteiger partial charge in [0.15, 0.2) is 0 Å². The number of hydrazone groups is 1. The predicted octanol–water partition coefficient (Wildman–Crippen LogP) is 9.20. The van der Waals surface area contributed by atoms with Crippen molar-refractivity contribution in [2.45, 2.75) is 76.3 Å². The van der Waals surface area contributed by atoms with Crippen LogP contribution in [0.5, 0.6) is 11.5 Å². The Morgan fingerprint density at radius 2 is 1.22 bits per heavy atom. The number of nitrogens with zero attached hydrogens (tertiary/aromatic N) is 3. The predicted molar refractivity (Wildman–Crippen MR) is 213 cm³/mol. The molecule has 1 saturated carbocycles. The smallest absolute Gasteiger partial charge is 0.137 e. The van der Waals surface area contributed by atoms with Gasteiger partial charge in [-0.05, 0) is 123 Å². The largest absolute Gasteiger partial charge is 0.497 e. The molecule has 0 radical (unpaired) electrons. The number of hydrogen-bond acceptors (Lipinski definition) is 5. The molecule has 6 nitrogen and oxygen atoms in total. The van der Waals surface area contributed by atoms with Gasteiger partial charge in [-0.1, -0.05) is 71.2 Å². The fraction of sp³-hybridized carbons (Fsp3) is 0.409. The van der Waals surface area contributed by atoms with E-state index in [0.717, 1.165) is 53.3 Å². The van der Waals surface area contributed by atoms with Gasteiger partial charge < -0.3 is 9.47 Å². The number of quaternary nitrogens is 1. The lowest BCUT2D eigenvalue weighted by atomic mass is 9.75. The zero-order valence-corrected chi connectivity index (χ0v) is 32.0. The summed E-state index contributed by atoms with van der Waals surface area (Å²) < 4.78 is 10.7. The van der Waals surface area contributed by atoms with Gasteiger partial charge in [0.2, 0.25) is 0 Å². The van der Waals surface area contributed by atoms with Crippen molar-refractivity contribution in [2.24, 2.45) is 22.0 Å². The molecule has 0 bridgehead atoms. The van der Waals surface area contributed by atoms with Crippen LogP contribution in [-0.4, -0.2) is 51.1 Å². The number of methoxy groups -OCH3 is 2. The first-order chi connectivity index (χ1) is 24.7. The molecule has 1 N–H and O–H groups in total. The maximum atomic E-state index is 7.44. The number of hydrogen-bond donors (Lipinski definition) is 1. The van der Waals surface area contributed by atoms with Crippen LogP contribution in [0.2, 0.25) is 0 Å². The molecule has 7 heteroatoms. The Balaban J connectivity index is 1.25. The summed E-state index contributed by atoms with van der Waals surface area (Å²) in [6, 6.07) is 34.3. The van der Waals surface area contributed by atoms with Crippen LogP contribution < -0.4 is 14.5 Å². The van der Waals surface area contributed by atoms with Gasteiger partial charge in [0.1, 0.15) is 17.5 Å². The molecule has 1 aliphatic carbocycles. The van der Waals surface area contributed by atoms with Crippen LogP contribution in [0.1, 0.15) is 90.4 Å². The van der Waals surface area contributed by atoms with E-state index >= 15 is 0 Å². The van der Waals surface area contributed by atoms with Crippen molar-refractivity contribution in [3.63, 3.8) is 0 Å². The zero-order chi connectivity index (χ0) is 36.2. The minimum atomic E-state index is 0.160. The second kappa shape index (κ2) is 18.9. The summed E-state index contributed by atoms with van der Waals surface area (Å²) in [5.41, 5.74) is 7.26. The summed E-state index contributed by atoms with van der Waals surface area (Å²) in [5.74, 6) is 2.66. The van der Waals surface area contributed by atoms with E-state index in [1.807, 2.05) is 61.0 Å². The Kier molecular flexibility index (Phi) is 14.1. The van der Waals surface area contributed by atoms with Crippen LogP contribution in [0.3, 0.4) is 0 Å². The number of ether oxygens (including phenoxy) is 2. The maximum absolute atomic E-state index is 7.44. The minimum Gasteiger partial charge on any atom is -0.497 e. The first-order valence-electron chi connectivity index (χ1n) is 18.4. The summed E-state index contributed by atoms with van der Waals surface area (Å²) in [4.78, 5) is 0. The molecule has 0 spiro atoms. The third kappa shape index (κ3) is 10.9. The lowest BCUT2D eigenvalue weighted by Crippen LogP contribution is -3.04. The third-order valence-corrected chi connectivity index (χ3v) is 11.3. The van der Waals surface area contributed by atoms with E-state index in [1.165, 1.54) is 41.5 Å². The molecule has 0 amide bonds. The lowest BCUT2D eigenvalue weighted by molar-refractivity contribution is -0.919. The van der Waals surface area contributed by atoms with Gasteiger partial charge >= 0.3 is 0 Å². The topological polar surface area (TPSA) is 50.9 Å². The Bertz CT molecular complexity index is 1550. The Morgan fingerprint density at radius 1 is 0.725 bits per heavy atom. The molecule has 6 unspecified atom stereocenters. The summed E-state index contributed by atoms with van der Waals surface area (Å²) in [6.07, 6.45) is 11.7. The molecular weight excluding hydrogens is 652 g/mol. The van der Waals surface area contributed by atoms with Gasteiger partial charge in [-0.25, -0.2) is 5.01 Å². The van der Waals surface area contributed by atoms with Crippen molar-refractivity contribution in [3.8, 4) is 11.5 Å². The highest BCUT2D eigenvalue weighted by atomic mass is 35.5. The molecule has 5 rings (SSSR count). The molecule has 4 aromatic rings. The molecule has 1 aliphatic rings. The van der Waals surface area contributed by atoms with Gasteiger partial charge in [0, 0.05) is 24.4 Å². The van der Waals surface area contributed by atoms with Gasteiger partial charge in [-0.3, -0.25) is 5.01 Å². The zero-order valence-electron chi connectivity index (χ0n) is 31.3. The quantitative estimate of drug-likeness (QED) is 0.0718. The molecule has 0 aliphatic heterocycles. The van der Waals surface area contributed by atoms with E-state index in [1.54, 1.807) is 14.2 Å². The van der Waals surface area contributed by atoms with Crippen LogP contribution in [0.25, 0.3) is 0 Å². The number of aryl methyl sites for hydroxylation is 2. The van der Waals surface area contributed by atoms with Gasteiger partial charge in [0.05, 0.1) is 39.7 Å². The Morgan fingerprint density at radius 3 is 1.75 bits per heavy atom. The highest BCUT2D eigenvalue weighted by Crippen LogP contribution is 2.41. The second-order valence-corrected chi connectivity index (χ2v) is 14.7. The minimum absolute atomic E-state index is 0.160. The first-order valence-corrected chi connectivity index (χ1v) is 18.9. The molecule has 4 aromatic carbocycles. The molecule has 0 saturated heterocycles. The van der Waals surface area contributed by atoms with E-state index in [-0.39, 0.29) is 17.5 Å². The number of nitrogens with one attached hydrogen (secondary N) is 1. The van der Waals surface area contributed by atoms with E-state index in [9.17, 15) is 0 Å². The van der Waals surface area contributed by atoms with Crippen molar-refractivity contribution in [1.82, 2.24) is 5.01 Å². The molecular formula is C44H56ClN4O2+.